The number of hydrogen-bond acceptors (Lipinski definition) is 4. The van der Waals surface area contributed by atoms with E-state index in [2.05, 4.69) is 23.3 Å². The third-order valence-electron chi connectivity index (χ3n) is 4.95. The molecule has 0 unspecified atom stereocenters. The Morgan fingerprint density at radius 1 is 1.07 bits per heavy atom. The van der Waals surface area contributed by atoms with Crippen LogP contribution in [-0.2, 0) is 6.54 Å². The zero-order valence-electron chi connectivity index (χ0n) is 16.7. The van der Waals surface area contributed by atoms with Crippen molar-refractivity contribution in [1.29, 1.82) is 5.26 Å². The topological polar surface area (TPSA) is 84.2 Å². The predicted octanol–water partition coefficient (Wildman–Crippen LogP) is 5.02. The van der Waals surface area contributed by atoms with Gasteiger partial charge in [-0.15, -0.1) is 0 Å². The maximum absolute atomic E-state index is 10.7. The second kappa shape index (κ2) is 8.64. The zero-order chi connectivity index (χ0) is 20.9. The summed E-state index contributed by atoms with van der Waals surface area (Å²) in [6.45, 7) is 3.81. The summed E-state index contributed by atoms with van der Waals surface area (Å²) in [4.78, 5) is 7.90. The molecule has 0 aliphatic rings. The fourth-order valence-corrected chi connectivity index (χ4v) is 3.43. The van der Waals surface area contributed by atoms with Crippen molar-refractivity contribution < 1.29 is 5.11 Å². The van der Waals surface area contributed by atoms with Crippen LogP contribution in [0.15, 0.2) is 77.8 Å². The molecule has 4 rings (SSSR count). The number of nitriles is 1. The molecule has 0 aliphatic carbocycles. The molecule has 4 aromatic rings. The molecule has 148 valence electrons. The fourth-order valence-electron chi connectivity index (χ4n) is 3.43. The van der Waals surface area contributed by atoms with Crippen molar-refractivity contribution in [3.8, 4) is 11.9 Å². The predicted molar refractivity (Wildman–Crippen MR) is 120 cm³/mol. The van der Waals surface area contributed by atoms with Gasteiger partial charge < -0.3 is 15.4 Å². The smallest absolute Gasteiger partial charge is 0.199 e. The van der Waals surface area contributed by atoms with Crippen LogP contribution in [0, 0.1) is 11.3 Å². The van der Waals surface area contributed by atoms with E-state index >= 15 is 0 Å². The molecule has 3 aromatic carbocycles. The first-order valence-electron chi connectivity index (χ1n) is 9.88. The second-order valence-electron chi connectivity index (χ2n) is 6.99. The van der Waals surface area contributed by atoms with Crippen molar-refractivity contribution in [2.24, 2.45) is 4.99 Å². The van der Waals surface area contributed by atoms with Gasteiger partial charge in [-0.1, -0.05) is 49.4 Å². The molecule has 30 heavy (non-hydrogen) atoms. The summed E-state index contributed by atoms with van der Waals surface area (Å²) < 4.78 is 0. The first-order valence-corrected chi connectivity index (χ1v) is 9.88. The van der Waals surface area contributed by atoms with Crippen LogP contribution in [0.25, 0.3) is 10.9 Å². The minimum absolute atomic E-state index is 0.0338. The van der Waals surface area contributed by atoms with E-state index in [0.29, 0.717) is 16.8 Å². The van der Waals surface area contributed by atoms with E-state index in [4.69, 9.17) is 4.99 Å². The van der Waals surface area contributed by atoms with Gasteiger partial charge in [-0.3, -0.25) is 0 Å². The van der Waals surface area contributed by atoms with E-state index in [1.807, 2.05) is 54.6 Å². The highest BCUT2D eigenvalue weighted by atomic mass is 16.3. The summed E-state index contributed by atoms with van der Waals surface area (Å²) in [5.41, 5.74) is 5.38. The Kier molecular flexibility index (Phi) is 5.60. The molecule has 0 spiro atoms. The number of rotatable bonds is 6. The summed E-state index contributed by atoms with van der Waals surface area (Å²) in [6, 6.07) is 25.3. The largest absolute Gasteiger partial charge is 0.494 e. The molecular formula is C25H22N4O. The van der Waals surface area contributed by atoms with Gasteiger partial charge in [0.2, 0.25) is 0 Å². The van der Waals surface area contributed by atoms with Gasteiger partial charge in [-0.2, -0.15) is 5.26 Å². The highest BCUT2D eigenvalue weighted by Gasteiger charge is 2.19. The first-order chi connectivity index (χ1) is 14.7. The third-order valence-corrected chi connectivity index (χ3v) is 4.95. The molecule has 0 radical (unpaired) electrons. The van der Waals surface area contributed by atoms with E-state index in [1.54, 1.807) is 18.2 Å². The highest BCUT2D eigenvalue weighted by Crippen LogP contribution is 2.32. The van der Waals surface area contributed by atoms with Crippen LogP contribution in [0.4, 0.5) is 5.69 Å². The Morgan fingerprint density at radius 3 is 2.53 bits per heavy atom. The van der Waals surface area contributed by atoms with E-state index in [9.17, 15) is 10.4 Å². The van der Waals surface area contributed by atoms with Gasteiger partial charge in [0, 0.05) is 23.0 Å². The van der Waals surface area contributed by atoms with Gasteiger partial charge in [0.05, 0.1) is 28.6 Å². The van der Waals surface area contributed by atoms with Crippen LogP contribution in [0.3, 0.4) is 0 Å². The van der Waals surface area contributed by atoms with E-state index in [0.717, 1.165) is 35.2 Å². The average Bonchev–Trinajstić information content (AvgIpc) is 3.12. The standard InChI is InChI=1S/C25H22N4O/c1-2-27-16-17-8-11-20(12-9-17)28-24(19-6-4-3-5-7-19)23-21-14-18(15-26)10-13-22(21)29-25(23)30/h3-14,27,29-30H,2,16H2,1H3. The van der Waals surface area contributed by atoms with Crippen LogP contribution in [-0.4, -0.2) is 22.3 Å². The Balaban J connectivity index is 1.86. The fraction of sp³-hybridized carbons (Fsp3) is 0.120. The number of aromatic amines is 1. The summed E-state index contributed by atoms with van der Waals surface area (Å²) in [7, 11) is 0. The van der Waals surface area contributed by atoms with Crippen molar-refractivity contribution in [2.45, 2.75) is 13.5 Å². The van der Waals surface area contributed by atoms with Gasteiger partial charge in [0.25, 0.3) is 0 Å². The first kappa shape index (κ1) is 19.4. The lowest BCUT2D eigenvalue weighted by Crippen LogP contribution is -2.11. The molecule has 0 saturated carbocycles. The van der Waals surface area contributed by atoms with Gasteiger partial charge >= 0.3 is 0 Å². The Bertz CT molecular complexity index is 1230. The summed E-state index contributed by atoms with van der Waals surface area (Å²) in [5.74, 6) is 0.0338. The van der Waals surface area contributed by atoms with Gasteiger partial charge in [0.15, 0.2) is 5.88 Å². The molecule has 1 heterocycles. The van der Waals surface area contributed by atoms with Gasteiger partial charge in [-0.05, 0) is 42.4 Å². The van der Waals surface area contributed by atoms with Crippen molar-refractivity contribution >= 4 is 22.3 Å². The van der Waals surface area contributed by atoms with Crippen LogP contribution in [0.2, 0.25) is 0 Å². The Labute approximate surface area is 175 Å². The number of aromatic hydroxyl groups is 1. The Hall–Kier alpha value is -3.88. The number of nitrogens with zero attached hydrogens (tertiary/aromatic N) is 2. The molecule has 3 N–H and O–H groups in total. The Morgan fingerprint density at radius 2 is 1.83 bits per heavy atom. The van der Waals surface area contributed by atoms with Crippen molar-refractivity contribution in [3.05, 3.63) is 95.1 Å². The number of aromatic nitrogens is 1. The minimum atomic E-state index is 0.0338. The SMILES string of the molecule is CCNCc1ccc(N=C(c2ccccc2)c2c(O)[nH]c3ccc(C#N)cc23)cc1. The van der Waals surface area contributed by atoms with Crippen LogP contribution < -0.4 is 5.32 Å². The lowest BCUT2D eigenvalue weighted by Gasteiger charge is -2.08. The van der Waals surface area contributed by atoms with Crippen molar-refractivity contribution in [2.75, 3.05) is 6.54 Å². The van der Waals surface area contributed by atoms with Gasteiger partial charge in [0.1, 0.15) is 0 Å². The normalized spacial score (nSPS) is 11.5. The quantitative estimate of drug-likeness (QED) is 0.401. The molecule has 0 aliphatic heterocycles. The molecule has 5 nitrogen and oxygen atoms in total. The summed E-state index contributed by atoms with van der Waals surface area (Å²) >= 11 is 0. The molecular weight excluding hydrogens is 372 g/mol. The van der Waals surface area contributed by atoms with E-state index in [-0.39, 0.29) is 5.88 Å². The molecule has 0 atom stereocenters. The number of aliphatic imine (C=N–C) groups is 1. The summed E-state index contributed by atoms with van der Waals surface area (Å²) in [6.07, 6.45) is 0. The lowest BCUT2D eigenvalue weighted by atomic mass is 10.00. The number of benzene rings is 3. The second-order valence-corrected chi connectivity index (χ2v) is 6.99. The van der Waals surface area contributed by atoms with Crippen molar-refractivity contribution in [1.82, 2.24) is 10.3 Å². The molecule has 0 saturated heterocycles. The highest BCUT2D eigenvalue weighted by molar-refractivity contribution is 6.22. The molecule has 0 fully saturated rings. The maximum atomic E-state index is 10.7. The van der Waals surface area contributed by atoms with Crippen LogP contribution >= 0.6 is 0 Å². The van der Waals surface area contributed by atoms with E-state index in [1.165, 1.54) is 5.56 Å². The number of nitrogens with one attached hydrogen (secondary N) is 2. The number of hydrogen-bond donors (Lipinski definition) is 3. The monoisotopic (exact) mass is 394 g/mol. The maximum Gasteiger partial charge on any atom is 0.199 e. The zero-order valence-corrected chi connectivity index (χ0v) is 16.7. The molecule has 0 bridgehead atoms. The lowest BCUT2D eigenvalue weighted by molar-refractivity contribution is 0.457. The minimum Gasteiger partial charge on any atom is -0.494 e. The van der Waals surface area contributed by atoms with Crippen LogP contribution in [0.1, 0.15) is 29.2 Å². The molecule has 1 aromatic heterocycles. The molecule has 0 amide bonds. The van der Waals surface area contributed by atoms with Gasteiger partial charge in [-0.25, -0.2) is 4.99 Å². The number of fused-ring (bicyclic) bond motifs is 1. The van der Waals surface area contributed by atoms with E-state index < -0.39 is 0 Å². The van der Waals surface area contributed by atoms with Crippen molar-refractivity contribution in [3.63, 3.8) is 0 Å². The van der Waals surface area contributed by atoms with Crippen LogP contribution in [0.5, 0.6) is 5.88 Å². The molecule has 5 heteroatoms. The third kappa shape index (κ3) is 3.95. The number of H-pyrrole nitrogens is 1. The average molecular weight is 394 g/mol. The summed E-state index contributed by atoms with van der Waals surface area (Å²) in [5, 5.41) is 24.1.